The lowest BCUT2D eigenvalue weighted by molar-refractivity contribution is -0.385. The van der Waals surface area contributed by atoms with E-state index in [4.69, 9.17) is 0 Å². The van der Waals surface area contributed by atoms with Gasteiger partial charge in [0, 0.05) is 31.4 Å². The second-order valence-electron chi connectivity index (χ2n) is 5.41. The molecule has 0 atom stereocenters. The highest BCUT2D eigenvalue weighted by Crippen LogP contribution is 2.24. The average molecular weight is 329 g/mol. The monoisotopic (exact) mass is 329 g/mol. The van der Waals surface area contributed by atoms with Crippen LogP contribution in [0.15, 0.2) is 30.5 Å². The van der Waals surface area contributed by atoms with Crippen LogP contribution < -0.4 is 10.2 Å². The Balaban J connectivity index is 1.77. The van der Waals surface area contributed by atoms with Gasteiger partial charge in [-0.05, 0) is 30.7 Å². The molecule has 1 aliphatic heterocycles. The van der Waals surface area contributed by atoms with E-state index in [9.17, 15) is 19.7 Å². The van der Waals surface area contributed by atoms with Crippen molar-refractivity contribution in [1.82, 2.24) is 9.78 Å². The number of hydrogen-bond donors (Lipinski definition) is 1. The molecule has 1 aliphatic rings. The first-order chi connectivity index (χ1) is 11.5. The van der Waals surface area contributed by atoms with E-state index in [0.717, 1.165) is 23.0 Å². The van der Waals surface area contributed by atoms with Crippen LogP contribution >= 0.6 is 0 Å². The predicted octanol–water partition coefficient (Wildman–Crippen LogP) is 1.71. The molecule has 2 amide bonds. The number of amides is 2. The molecule has 0 radical (unpaired) electrons. The van der Waals surface area contributed by atoms with Gasteiger partial charge in [0.05, 0.1) is 4.92 Å². The number of carbonyl (C=O) groups excluding carboxylic acids is 2. The van der Waals surface area contributed by atoms with E-state index in [0.29, 0.717) is 18.7 Å². The minimum atomic E-state index is -0.649. The predicted molar refractivity (Wildman–Crippen MR) is 85.8 cm³/mol. The third kappa shape index (κ3) is 2.83. The van der Waals surface area contributed by atoms with Gasteiger partial charge in [-0.2, -0.15) is 5.10 Å². The molecule has 1 aromatic heterocycles. The molecule has 1 N–H and O–H groups in total. The number of aryl methyl sites for hydroxylation is 1. The van der Waals surface area contributed by atoms with Crippen molar-refractivity contribution in [2.75, 3.05) is 16.8 Å². The number of carbonyl (C=O) groups is 2. The molecule has 3 rings (SSSR count). The molecular weight excluding hydrogens is 314 g/mol. The van der Waals surface area contributed by atoms with Crippen molar-refractivity contribution in [2.45, 2.75) is 12.8 Å². The number of nitrogens with zero attached hydrogens (tertiary/aromatic N) is 4. The smallest absolute Gasteiger partial charge is 0.320 e. The SMILES string of the molecule is Cn1ncc([N+](=O)[O-])c1C(=O)Nc1ccc(N2CCCC2=O)cc1. The van der Waals surface area contributed by atoms with Gasteiger partial charge >= 0.3 is 5.69 Å². The van der Waals surface area contributed by atoms with Crippen molar-refractivity contribution in [3.05, 3.63) is 46.3 Å². The lowest BCUT2D eigenvalue weighted by Crippen LogP contribution is -2.23. The zero-order chi connectivity index (χ0) is 17.3. The largest absolute Gasteiger partial charge is 0.320 e. The normalized spacial score (nSPS) is 14.0. The summed E-state index contributed by atoms with van der Waals surface area (Å²) in [4.78, 5) is 36.0. The Labute approximate surface area is 137 Å². The highest BCUT2D eigenvalue weighted by molar-refractivity contribution is 6.06. The molecule has 2 heterocycles. The minimum absolute atomic E-state index is 0.0808. The van der Waals surface area contributed by atoms with Gasteiger partial charge in [-0.25, -0.2) is 0 Å². The third-order valence-corrected chi connectivity index (χ3v) is 3.84. The molecule has 1 saturated heterocycles. The Morgan fingerprint density at radius 2 is 2.04 bits per heavy atom. The summed E-state index contributed by atoms with van der Waals surface area (Å²) < 4.78 is 1.16. The molecule has 0 saturated carbocycles. The molecule has 9 nitrogen and oxygen atoms in total. The number of anilines is 2. The van der Waals surface area contributed by atoms with Crippen LogP contribution in [0.3, 0.4) is 0 Å². The fourth-order valence-electron chi connectivity index (χ4n) is 2.66. The van der Waals surface area contributed by atoms with Crippen LogP contribution in [-0.4, -0.2) is 33.1 Å². The van der Waals surface area contributed by atoms with Crippen molar-refractivity contribution in [3.8, 4) is 0 Å². The van der Waals surface area contributed by atoms with Crippen molar-refractivity contribution >= 4 is 28.9 Å². The van der Waals surface area contributed by atoms with Crippen molar-refractivity contribution in [2.24, 2.45) is 7.05 Å². The third-order valence-electron chi connectivity index (χ3n) is 3.84. The zero-order valence-corrected chi connectivity index (χ0v) is 12.9. The van der Waals surface area contributed by atoms with Crippen LogP contribution in [0.5, 0.6) is 0 Å². The first-order valence-electron chi connectivity index (χ1n) is 7.35. The molecule has 9 heteroatoms. The summed E-state index contributed by atoms with van der Waals surface area (Å²) >= 11 is 0. The van der Waals surface area contributed by atoms with E-state index < -0.39 is 10.8 Å². The number of rotatable bonds is 4. The lowest BCUT2D eigenvalue weighted by Gasteiger charge is -2.16. The van der Waals surface area contributed by atoms with Crippen LogP contribution in [-0.2, 0) is 11.8 Å². The van der Waals surface area contributed by atoms with Crippen LogP contribution in [0.1, 0.15) is 23.3 Å². The molecule has 0 unspecified atom stereocenters. The van der Waals surface area contributed by atoms with Gasteiger partial charge in [0.15, 0.2) is 0 Å². The topological polar surface area (TPSA) is 110 Å². The Morgan fingerprint density at radius 3 is 2.62 bits per heavy atom. The quantitative estimate of drug-likeness (QED) is 0.678. The molecule has 1 aromatic carbocycles. The van der Waals surface area contributed by atoms with Crippen LogP contribution in [0.25, 0.3) is 0 Å². The van der Waals surface area contributed by atoms with E-state index in [2.05, 4.69) is 10.4 Å². The minimum Gasteiger partial charge on any atom is -0.320 e. The van der Waals surface area contributed by atoms with Gasteiger partial charge in [0.25, 0.3) is 5.91 Å². The van der Waals surface area contributed by atoms with Crippen LogP contribution in [0, 0.1) is 10.1 Å². The van der Waals surface area contributed by atoms with E-state index in [1.165, 1.54) is 7.05 Å². The van der Waals surface area contributed by atoms with Crippen molar-refractivity contribution in [1.29, 1.82) is 0 Å². The van der Waals surface area contributed by atoms with E-state index >= 15 is 0 Å². The number of benzene rings is 1. The second-order valence-corrected chi connectivity index (χ2v) is 5.41. The Morgan fingerprint density at radius 1 is 1.33 bits per heavy atom. The highest BCUT2D eigenvalue weighted by Gasteiger charge is 2.26. The fraction of sp³-hybridized carbons (Fsp3) is 0.267. The average Bonchev–Trinajstić information content (AvgIpc) is 3.14. The summed E-state index contributed by atoms with van der Waals surface area (Å²) in [5, 5.41) is 17.3. The molecular formula is C15H15N5O4. The van der Waals surface area contributed by atoms with Gasteiger partial charge in [-0.3, -0.25) is 24.4 Å². The van der Waals surface area contributed by atoms with Crippen molar-refractivity contribution < 1.29 is 14.5 Å². The molecule has 124 valence electrons. The van der Waals surface area contributed by atoms with E-state index in [1.54, 1.807) is 29.2 Å². The number of nitrogens with one attached hydrogen (secondary N) is 1. The van der Waals surface area contributed by atoms with Gasteiger partial charge in [0.1, 0.15) is 6.20 Å². The standard InChI is InChI=1S/C15H15N5O4/c1-18-14(12(9-16-18)20(23)24)15(22)17-10-4-6-11(7-5-10)19-8-2-3-13(19)21/h4-7,9H,2-3,8H2,1H3,(H,17,22). The molecule has 2 aromatic rings. The molecule has 24 heavy (non-hydrogen) atoms. The number of aromatic nitrogens is 2. The lowest BCUT2D eigenvalue weighted by atomic mass is 10.2. The first-order valence-corrected chi connectivity index (χ1v) is 7.35. The van der Waals surface area contributed by atoms with Gasteiger partial charge in [0.2, 0.25) is 11.6 Å². The van der Waals surface area contributed by atoms with Crippen LogP contribution in [0.4, 0.5) is 17.1 Å². The first kappa shape index (κ1) is 15.7. The second kappa shape index (κ2) is 6.11. The van der Waals surface area contributed by atoms with E-state index in [-0.39, 0.29) is 17.3 Å². The zero-order valence-electron chi connectivity index (χ0n) is 12.9. The van der Waals surface area contributed by atoms with E-state index in [1.807, 2.05) is 0 Å². The maximum Gasteiger partial charge on any atom is 0.320 e. The fourth-order valence-corrected chi connectivity index (χ4v) is 2.66. The summed E-state index contributed by atoms with van der Waals surface area (Å²) in [5.74, 6) is -0.538. The maximum absolute atomic E-state index is 12.3. The van der Waals surface area contributed by atoms with Crippen molar-refractivity contribution in [3.63, 3.8) is 0 Å². The Kier molecular flexibility index (Phi) is 3.98. The number of hydrogen-bond acceptors (Lipinski definition) is 5. The summed E-state index contributed by atoms with van der Waals surface area (Å²) in [6.45, 7) is 0.686. The molecule has 0 bridgehead atoms. The number of nitro groups is 1. The Hall–Kier alpha value is -3.23. The summed E-state index contributed by atoms with van der Waals surface area (Å²) in [5.41, 5.74) is 0.765. The van der Waals surface area contributed by atoms with Gasteiger partial charge in [-0.15, -0.1) is 0 Å². The van der Waals surface area contributed by atoms with Crippen LogP contribution in [0.2, 0.25) is 0 Å². The Bertz CT molecular complexity index is 812. The van der Waals surface area contributed by atoms with Gasteiger partial charge in [-0.1, -0.05) is 0 Å². The summed E-state index contributed by atoms with van der Waals surface area (Å²) in [6.07, 6.45) is 2.42. The molecule has 1 fully saturated rings. The van der Waals surface area contributed by atoms with Gasteiger partial charge < -0.3 is 10.2 Å². The molecule has 0 spiro atoms. The molecule has 0 aliphatic carbocycles. The summed E-state index contributed by atoms with van der Waals surface area (Å²) in [6, 6.07) is 6.77. The highest BCUT2D eigenvalue weighted by atomic mass is 16.6. The maximum atomic E-state index is 12.3. The summed E-state index contributed by atoms with van der Waals surface area (Å²) in [7, 11) is 1.46.